The standard InChI is InChI=1S/C14H17N5O2/c1-9-5-11(18-10(2)17-9)13-7-19(3-4-21-13)14(20)12-6-15-8-16-12/h5-6,8,13H,3-4,7H2,1-2H3,(H,15,16)/t13-/m1/s1. The number of hydrogen-bond acceptors (Lipinski definition) is 5. The Kier molecular flexibility index (Phi) is 3.66. The molecule has 110 valence electrons. The minimum absolute atomic E-state index is 0.0664. The van der Waals surface area contributed by atoms with Crippen LogP contribution in [0.4, 0.5) is 0 Å². The highest BCUT2D eigenvalue weighted by atomic mass is 16.5. The molecule has 1 fully saturated rings. The molecular formula is C14H17N5O2. The van der Waals surface area contributed by atoms with Crippen molar-refractivity contribution in [3.63, 3.8) is 0 Å². The fraction of sp³-hybridized carbons (Fsp3) is 0.429. The van der Waals surface area contributed by atoms with E-state index in [1.165, 1.54) is 12.5 Å². The number of aromatic amines is 1. The van der Waals surface area contributed by atoms with Crippen LogP contribution in [0.15, 0.2) is 18.6 Å². The lowest BCUT2D eigenvalue weighted by molar-refractivity contribution is -0.0250. The molecule has 2 aromatic heterocycles. The summed E-state index contributed by atoms with van der Waals surface area (Å²) >= 11 is 0. The number of H-pyrrole nitrogens is 1. The molecule has 21 heavy (non-hydrogen) atoms. The Labute approximate surface area is 122 Å². The van der Waals surface area contributed by atoms with Gasteiger partial charge in [-0.1, -0.05) is 0 Å². The van der Waals surface area contributed by atoms with E-state index < -0.39 is 0 Å². The molecule has 7 heteroatoms. The fourth-order valence-corrected chi connectivity index (χ4v) is 2.47. The zero-order valence-corrected chi connectivity index (χ0v) is 12.0. The molecule has 0 saturated carbocycles. The quantitative estimate of drug-likeness (QED) is 0.892. The van der Waals surface area contributed by atoms with Gasteiger partial charge >= 0.3 is 0 Å². The van der Waals surface area contributed by atoms with Crippen molar-refractivity contribution in [3.8, 4) is 0 Å². The number of aromatic nitrogens is 4. The smallest absolute Gasteiger partial charge is 0.272 e. The number of rotatable bonds is 2. The summed E-state index contributed by atoms with van der Waals surface area (Å²) in [6.07, 6.45) is 2.82. The molecule has 2 aromatic rings. The van der Waals surface area contributed by atoms with Gasteiger partial charge in [0, 0.05) is 12.2 Å². The van der Waals surface area contributed by atoms with Gasteiger partial charge in [0.05, 0.1) is 31.4 Å². The Hall–Kier alpha value is -2.28. The van der Waals surface area contributed by atoms with Crippen LogP contribution in [0.1, 0.15) is 33.8 Å². The molecule has 1 aliphatic rings. The van der Waals surface area contributed by atoms with E-state index in [9.17, 15) is 4.79 Å². The van der Waals surface area contributed by atoms with Gasteiger partial charge < -0.3 is 14.6 Å². The SMILES string of the molecule is Cc1cc([C@H]2CN(C(=O)c3cnc[nH]3)CCO2)nc(C)n1. The topological polar surface area (TPSA) is 84.0 Å². The molecule has 3 heterocycles. The third kappa shape index (κ3) is 2.92. The van der Waals surface area contributed by atoms with Crippen LogP contribution in [0.25, 0.3) is 0 Å². The van der Waals surface area contributed by atoms with E-state index >= 15 is 0 Å². The maximum atomic E-state index is 12.3. The van der Waals surface area contributed by atoms with Crippen molar-refractivity contribution < 1.29 is 9.53 Å². The Morgan fingerprint density at radius 1 is 1.43 bits per heavy atom. The van der Waals surface area contributed by atoms with Crippen molar-refractivity contribution in [3.05, 3.63) is 41.5 Å². The minimum atomic E-state index is -0.217. The molecule has 0 unspecified atom stereocenters. The maximum Gasteiger partial charge on any atom is 0.272 e. The van der Waals surface area contributed by atoms with Gasteiger partial charge in [0.2, 0.25) is 0 Å². The third-order valence-electron chi connectivity index (χ3n) is 3.40. The third-order valence-corrected chi connectivity index (χ3v) is 3.40. The molecule has 7 nitrogen and oxygen atoms in total. The number of aryl methyl sites for hydroxylation is 2. The molecule has 0 aliphatic carbocycles. The summed E-state index contributed by atoms with van der Waals surface area (Å²) in [6, 6.07) is 1.90. The number of carbonyl (C=O) groups is 1. The van der Waals surface area contributed by atoms with Crippen LogP contribution in [0.2, 0.25) is 0 Å². The lowest BCUT2D eigenvalue weighted by Crippen LogP contribution is -2.42. The monoisotopic (exact) mass is 287 g/mol. The van der Waals surface area contributed by atoms with Crippen LogP contribution in [0.3, 0.4) is 0 Å². The molecule has 0 aromatic carbocycles. The van der Waals surface area contributed by atoms with Crippen LogP contribution in [-0.4, -0.2) is 50.4 Å². The van der Waals surface area contributed by atoms with Crippen LogP contribution < -0.4 is 0 Å². The molecule has 1 amide bonds. The van der Waals surface area contributed by atoms with Gasteiger partial charge in [-0.15, -0.1) is 0 Å². The maximum absolute atomic E-state index is 12.3. The fourth-order valence-electron chi connectivity index (χ4n) is 2.47. The summed E-state index contributed by atoms with van der Waals surface area (Å²) in [7, 11) is 0. The minimum Gasteiger partial charge on any atom is -0.368 e. The molecule has 0 spiro atoms. The highest BCUT2D eigenvalue weighted by Crippen LogP contribution is 2.22. The molecule has 3 rings (SSSR count). The van der Waals surface area contributed by atoms with E-state index in [0.717, 1.165) is 11.4 Å². The van der Waals surface area contributed by atoms with E-state index in [0.29, 0.717) is 31.2 Å². The number of nitrogens with zero attached hydrogens (tertiary/aromatic N) is 4. The molecule has 0 bridgehead atoms. The summed E-state index contributed by atoms with van der Waals surface area (Å²) in [4.78, 5) is 29.5. The predicted molar refractivity (Wildman–Crippen MR) is 74.7 cm³/mol. The van der Waals surface area contributed by atoms with Crippen molar-refractivity contribution in [2.24, 2.45) is 0 Å². The van der Waals surface area contributed by atoms with E-state index in [1.807, 2.05) is 19.9 Å². The summed E-state index contributed by atoms with van der Waals surface area (Å²) in [5.74, 6) is 0.647. The van der Waals surface area contributed by atoms with Gasteiger partial charge in [-0.2, -0.15) is 0 Å². The first-order chi connectivity index (χ1) is 10.1. The normalized spacial score (nSPS) is 18.8. The number of nitrogens with one attached hydrogen (secondary N) is 1. The van der Waals surface area contributed by atoms with Crippen molar-refractivity contribution in [2.45, 2.75) is 20.0 Å². The number of ether oxygens (including phenoxy) is 1. The first-order valence-electron chi connectivity index (χ1n) is 6.85. The van der Waals surface area contributed by atoms with Gasteiger partial charge in [-0.25, -0.2) is 15.0 Å². The number of amides is 1. The van der Waals surface area contributed by atoms with Crippen LogP contribution in [0, 0.1) is 13.8 Å². The molecular weight excluding hydrogens is 270 g/mol. The van der Waals surface area contributed by atoms with Crippen molar-refractivity contribution >= 4 is 5.91 Å². The van der Waals surface area contributed by atoms with E-state index in [-0.39, 0.29) is 12.0 Å². The summed E-state index contributed by atoms with van der Waals surface area (Å²) < 4.78 is 5.76. The second-order valence-electron chi connectivity index (χ2n) is 5.06. The number of carbonyl (C=O) groups excluding carboxylic acids is 1. The predicted octanol–water partition coefficient (Wildman–Crippen LogP) is 1.03. The summed E-state index contributed by atoms with van der Waals surface area (Å²) in [5, 5.41) is 0. The van der Waals surface area contributed by atoms with Gasteiger partial charge in [0.25, 0.3) is 5.91 Å². The molecule has 1 saturated heterocycles. The van der Waals surface area contributed by atoms with E-state index in [4.69, 9.17) is 4.74 Å². The molecule has 0 radical (unpaired) electrons. The van der Waals surface area contributed by atoms with Crippen molar-refractivity contribution in [1.82, 2.24) is 24.8 Å². The average molecular weight is 287 g/mol. The number of hydrogen-bond donors (Lipinski definition) is 1. The zero-order valence-electron chi connectivity index (χ0n) is 12.0. The van der Waals surface area contributed by atoms with Crippen molar-refractivity contribution in [1.29, 1.82) is 0 Å². The molecule has 1 N–H and O–H groups in total. The number of imidazole rings is 1. The van der Waals surface area contributed by atoms with Gasteiger partial charge in [-0.3, -0.25) is 4.79 Å². The van der Waals surface area contributed by atoms with Crippen molar-refractivity contribution in [2.75, 3.05) is 19.7 Å². The van der Waals surface area contributed by atoms with Gasteiger partial charge in [0.15, 0.2) is 0 Å². The lowest BCUT2D eigenvalue weighted by Gasteiger charge is -2.32. The lowest BCUT2D eigenvalue weighted by atomic mass is 10.1. The van der Waals surface area contributed by atoms with E-state index in [2.05, 4.69) is 19.9 Å². The zero-order chi connectivity index (χ0) is 14.8. The largest absolute Gasteiger partial charge is 0.368 e. The van der Waals surface area contributed by atoms with Gasteiger partial charge in [0.1, 0.15) is 17.6 Å². The van der Waals surface area contributed by atoms with E-state index in [1.54, 1.807) is 4.90 Å². The Morgan fingerprint density at radius 3 is 3.00 bits per heavy atom. The number of morpholine rings is 1. The first-order valence-corrected chi connectivity index (χ1v) is 6.85. The Balaban J connectivity index is 1.78. The summed E-state index contributed by atoms with van der Waals surface area (Å²) in [6.45, 7) is 5.32. The molecule has 1 atom stereocenters. The van der Waals surface area contributed by atoms with Gasteiger partial charge in [-0.05, 0) is 19.9 Å². The average Bonchev–Trinajstić information content (AvgIpc) is 3.00. The van der Waals surface area contributed by atoms with Crippen LogP contribution in [-0.2, 0) is 4.74 Å². The highest BCUT2D eigenvalue weighted by Gasteiger charge is 2.27. The Morgan fingerprint density at radius 2 is 2.29 bits per heavy atom. The highest BCUT2D eigenvalue weighted by molar-refractivity contribution is 5.92. The van der Waals surface area contributed by atoms with Crippen LogP contribution >= 0.6 is 0 Å². The Bertz CT molecular complexity index is 621. The van der Waals surface area contributed by atoms with Crippen LogP contribution in [0.5, 0.6) is 0 Å². The first kappa shape index (κ1) is 13.7. The second-order valence-corrected chi connectivity index (χ2v) is 5.06. The second kappa shape index (κ2) is 5.61. The molecule has 1 aliphatic heterocycles. The summed E-state index contributed by atoms with van der Waals surface area (Å²) in [5.41, 5.74) is 2.21.